The molecule has 2 aromatic rings. The molecule has 2 aliphatic heterocycles. The van der Waals surface area contributed by atoms with Crippen molar-refractivity contribution in [2.24, 2.45) is 28.0 Å². The number of nitrogens with one attached hydrogen (secondary N) is 1. The van der Waals surface area contributed by atoms with E-state index in [1.54, 1.807) is 12.1 Å². The molecule has 2 aliphatic carbocycles. The maximum atomic E-state index is 13.7. The monoisotopic (exact) mass is 528 g/mol. The van der Waals surface area contributed by atoms with E-state index < -0.39 is 0 Å². The molecule has 2 saturated carbocycles. The molecule has 2 heterocycles. The van der Waals surface area contributed by atoms with Crippen LogP contribution >= 0.6 is 0 Å². The van der Waals surface area contributed by atoms with E-state index >= 15 is 0 Å². The van der Waals surface area contributed by atoms with Crippen molar-refractivity contribution in [2.45, 2.75) is 70.8 Å². The van der Waals surface area contributed by atoms with Crippen LogP contribution in [0, 0.1) is 17.8 Å². The summed E-state index contributed by atoms with van der Waals surface area (Å²) in [6, 6.07) is 13.8. The zero-order valence-electron chi connectivity index (χ0n) is 22.7. The van der Waals surface area contributed by atoms with Crippen LogP contribution in [-0.4, -0.2) is 36.5 Å². The lowest BCUT2D eigenvalue weighted by Gasteiger charge is -2.38. The van der Waals surface area contributed by atoms with Gasteiger partial charge in [-0.05, 0) is 74.4 Å². The predicted octanol–water partition coefficient (Wildman–Crippen LogP) is 5.43. The van der Waals surface area contributed by atoms with E-state index in [-0.39, 0.29) is 35.7 Å². The first-order chi connectivity index (χ1) is 19.0. The zero-order valence-corrected chi connectivity index (χ0v) is 22.7. The second kappa shape index (κ2) is 10.8. The van der Waals surface area contributed by atoms with E-state index in [4.69, 9.17) is 14.6 Å². The van der Waals surface area contributed by atoms with Crippen molar-refractivity contribution in [3.05, 3.63) is 53.6 Å². The van der Waals surface area contributed by atoms with E-state index in [0.717, 1.165) is 78.3 Å². The lowest BCUT2D eigenvalue weighted by Crippen LogP contribution is -2.46. The molecule has 2 aromatic carbocycles. The van der Waals surface area contributed by atoms with Gasteiger partial charge >= 0.3 is 0 Å². The van der Waals surface area contributed by atoms with Gasteiger partial charge in [0.2, 0.25) is 5.91 Å². The van der Waals surface area contributed by atoms with Gasteiger partial charge < -0.3 is 9.47 Å². The van der Waals surface area contributed by atoms with Gasteiger partial charge in [0.1, 0.15) is 0 Å². The summed E-state index contributed by atoms with van der Waals surface area (Å²) in [7, 11) is 1.67. The van der Waals surface area contributed by atoms with E-state index in [1.165, 1.54) is 12.8 Å². The summed E-state index contributed by atoms with van der Waals surface area (Å²) in [6.07, 6.45) is 9.12. The van der Waals surface area contributed by atoms with Crippen molar-refractivity contribution in [3.63, 3.8) is 0 Å². The molecular weight excluding hydrogens is 492 g/mol. The Balaban J connectivity index is 1.34. The van der Waals surface area contributed by atoms with Crippen molar-refractivity contribution in [1.29, 1.82) is 0 Å². The van der Waals surface area contributed by atoms with Gasteiger partial charge in [-0.15, -0.1) is 0 Å². The van der Waals surface area contributed by atoms with Gasteiger partial charge in [0.25, 0.3) is 5.91 Å². The highest BCUT2D eigenvalue weighted by Gasteiger charge is 2.42. The summed E-state index contributed by atoms with van der Waals surface area (Å²) >= 11 is 0. The van der Waals surface area contributed by atoms with Crippen LogP contribution in [0.25, 0.3) is 0 Å². The molecule has 1 unspecified atom stereocenters. The SMILES string of the molecule is COc1ccc(C2=NN(c3ccc(C4=NNC(=O)CC4C)cc3)C(=O)[C@H]3CCCC[C@@H]23)cc1OC1CCCC1. The van der Waals surface area contributed by atoms with E-state index in [0.29, 0.717) is 6.42 Å². The van der Waals surface area contributed by atoms with Crippen molar-refractivity contribution in [1.82, 2.24) is 5.43 Å². The summed E-state index contributed by atoms with van der Waals surface area (Å²) in [5.41, 5.74) is 7.01. The molecule has 4 aliphatic rings. The molecule has 3 atom stereocenters. The first kappa shape index (κ1) is 25.6. The zero-order chi connectivity index (χ0) is 26.9. The van der Waals surface area contributed by atoms with Crippen molar-refractivity contribution >= 4 is 28.9 Å². The molecule has 0 saturated heterocycles. The van der Waals surface area contributed by atoms with Gasteiger partial charge in [0, 0.05) is 29.7 Å². The number of benzene rings is 2. The molecule has 8 heteroatoms. The summed E-state index contributed by atoms with van der Waals surface area (Å²) in [6.45, 7) is 2.00. The molecule has 6 rings (SSSR count). The van der Waals surface area contributed by atoms with Crippen LogP contribution in [0.15, 0.2) is 52.7 Å². The molecule has 2 fully saturated rings. The number of rotatable bonds is 6. The average molecular weight is 529 g/mol. The normalized spacial score (nSPS) is 25.5. The van der Waals surface area contributed by atoms with Crippen LogP contribution in [-0.2, 0) is 9.59 Å². The van der Waals surface area contributed by atoms with Crippen LogP contribution in [0.5, 0.6) is 11.5 Å². The minimum absolute atomic E-state index is 0.0320. The average Bonchev–Trinajstić information content (AvgIpc) is 3.47. The number of anilines is 1. The molecule has 39 heavy (non-hydrogen) atoms. The minimum Gasteiger partial charge on any atom is -0.493 e. The number of carbonyl (C=O) groups excluding carboxylic acids is 2. The van der Waals surface area contributed by atoms with Crippen LogP contribution < -0.4 is 19.9 Å². The number of amides is 2. The van der Waals surface area contributed by atoms with Crippen LogP contribution in [0.2, 0.25) is 0 Å². The standard InChI is InChI=1S/C31H36N4O4/c1-19-17-28(36)32-33-29(19)20-11-14-22(15-12-20)35-31(37)25-10-6-5-9-24(25)30(34-35)21-13-16-26(38-2)27(18-21)39-23-7-3-4-8-23/h11-16,18-19,23-25H,3-10,17H2,1-2H3,(H,32,36)/t19?,24-,25+/m1/s1. The predicted molar refractivity (Wildman–Crippen MR) is 150 cm³/mol. The maximum absolute atomic E-state index is 13.7. The topological polar surface area (TPSA) is 92.6 Å². The van der Waals surface area contributed by atoms with Gasteiger partial charge in [-0.3, -0.25) is 9.59 Å². The van der Waals surface area contributed by atoms with Crippen molar-refractivity contribution in [3.8, 4) is 11.5 Å². The smallest absolute Gasteiger partial charge is 0.251 e. The second-order valence-corrected chi connectivity index (χ2v) is 11.2. The molecule has 8 nitrogen and oxygen atoms in total. The summed E-state index contributed by atoms with van der Waals surface area (Å²) in [4.78, 5) is 25.4. The third-order valence-electron chi connectivity index (χ3n) is 8.57. The summed E-state index contributed by atoms with van der Waals surface area (Å²) in [5.74, 6) is 1.50. The third kappa shape index (κ3) is 5.04. The van der Waals surface area contributed by atoms with E-state index in [2.05, 4.69) is 16.6 Å². The quantitative estimate of drug-likeness (QED) is 0.541. The Morgan fingerprint density at radius 1 is 0.846 bits per heavy atom. The summed E-state index contributed by atoms with van der Waals surface area (Å²) in [5, 5.41) is 10.9. The minimum atomic E-state index is -0.0924. The number of carbonyl (C=O) groups is 2. The van der Waals surface area contributed by atoms with E-state index in [1.807, 2.05) is 43.3 Å². The van der Waals surface area contributed by atoms with Gasteiger partial charge in [0.05, 0.1) is 30.3 Å². The Morgan fingerprint density at radius 3 is 2.26 bits per heavy atom. The molecule has 0 radical (unpaired) electrons. The van der Waals surface area contributed by atoms with Gasteiger partial charge in [-0.25, -0.2) is 10.4 Å². The highest BCUT2D eigenvalue weighted by Crippen LogP contribution is 2.41. The number of hydrazone groups is 2. The van der Waals surface area contributed by atoms with E-state index in [9.17, 15) is 9.59 Å². The number of nitrogens with zero attached hydrogens (tertiary/aromatic N) is 3. The molecular formula is C31H36N4O4. The van der Waals surface area contributed by atoms with Crippen molar-refractivity contribution < 1.29 is 19.1 Å². The number of fused-ring (bicyclic) bond motifs is 1. The number of ether oxygens (including phenoxy) is 2. The number of methoxy groups -OCH3 is 1. The second-order valence-electron chi connectivity index (χ2n) is 11.2. The Bertz CT molecular complexity index is 1310. The Labute approximate surface area is 229 Å². The van der Waals surface area contributed by atoms with Gasteiger partial charge in [0.15, 0.2) is 11.5 Å². The number of hydrogen-bond acceptors (Lipinski definition) is 6. The summed E-state index contributed by atoms with van der Waals surface area (Å²) < 4.78 is 12.0. The van der Waals surface area contributed by atoms with Gasteiger partial charge in [-0.2, -0.15) is 10.2 Å². The Morgan fingerprint density at radius 2 is 1.54 bits per heavy atom. The van der Waals surface area contributed by atoms with Crippen molar-refractivity contribution in [2.75, 3.05) is 12.1 Å². The van der Waals surface area contributed by atoms with Crippen LogP contribution in [0.3, 0.4) is 0 Å². The first-order valence-corrected chi connectivity index (χ1v) is 14.3. The highest BCUT2D eigenvalue weighted by molar-refractivity contribution is 6.12. The molecule has 204 valence electrons. The molecule has 0 bridgehead atoms. The Kier molecular flexibility index (Phi) is 7.11. The first-order valence-electron chi connectivity index (χ1n) is 14.3. The van der Waals surface area contributed by atoms with Gasteiger partial charge in [-0.1, -0.05) is 31.9 Å². The lowest BCUT2D eigenvalue weighted by molar-refractivity contribution is -0.125. The largest absolute Gasteiger partial charge is 0.493 e. The molecule has 2 amide bonds. The fourth-order valence-corrected chi connectivity index (χ4v) is 6.49. The third-order valence-corrected chi connectivity index (χ3v) is 8.57. The lowest BCUT2D eigenvalue weighted by atomic mass is 9.73. The Hall–Kier alpha value is -3.68. The van der Waals surface area contributed by atoms with Crippen LogP contribution in [0.4, 0.5) is 5.69 Å². The maximum Gasteiger partial charge on any atom is 0.251 e. The molecule has 0 spiro atoms. The van der Waals surface area contributed by atoms with Crippen LogP contribution in [0.1, 0.15) is 75.8 Å². The molecule has 1 N–H and O–H groups in total. The highest BCUT2D eigenvalue weighted by atomic mass is 16.5. The fourth-order valence-electron chi connectivity index (χ4n) is 6.49. The number of hydrogen-bond donors (Lipinski definition) is 1. The molecule has 0 aromatic heterocycles. The fraction of sp³-hybridized carbons (Fsp3) is 0.484.